The minimum atomic E-state index is -0.174. The van der Waals surface area contributed by atoms with Gasteiger partial charge in [0.25, 0.3) is 5.91 Å². The summed E-state index contributed by atoms with van der Waals surface area (Å²) >= 11 is 0. The van der Waals surface area contributed by atoms with Crippen molar-refractivity contribution in [3.05, 3.63) is 65.1 Å². The Hall–Kier alpha value is -2.62. The van der Waals surface area contributed by atoms with E-state index in [1.54, 1.807) is 6.20 Å². The molecule has 2 aromatic heterocycles. The summed E-state index contributed by atoms with van der Waals surface area (Å²) in [6.07, 6.45) is 2.66. The van der Waals surface area contributed by atoms with Crippen molar-refractivity contribution in [3.8, 4) is 0 Å². The van der Waals surface area contributed by atoms with Crippen molar-refractivity contribution in [3.63, 3.8) is 0 Å². The second-order valence-corrected chi connectivity index (χ2v) is 5.44. The van der Waals surface area contributed by atoms with Crippen LogP contribution in [0.4, 0.5) is 5.69 Å². The van der Waals surface area contributed by atoms with E-state index in [0.29, 0.717) is 5.69 Å². The lowest BCUT2D eigenvalue weighted by molar-refractivity contribution is 0.102. The van der Waals surface area contributed by atoms with Gasteiger partial charge in [-0.05, 0) is 43.5 Å². The molecule has 0 spiro atoms. The van der Waals surface area contributed by atoms with Crippen molar-refractivity contribution in [1.29, 1.82) is 0 Å². The number of hydrogen-bond acceptors (Lipinski definition) is 2. The van der Waals surface area contributed by atoms with Gasteiger partial charge < -0.3 is 9.72 Å². The van der Waals surface area contributed by atoms with Crippen LogP contribution in [0.5, 0.6) is 0 Å². The third kappa shape index (κ3) is 2.48. The van der Waals surface area contributed by atoms with E-state index in [4.69, 9.17) is 0 Å². The van der Waals surface area contributed by atoms with Crippen molar-refractivity contribution in [2.24, 2.45) is 0 Å². The van der Waals surface area contributed by atoms with Crippen molar-refractivity contribution >= 4 is 17.2 Å². The predicted octanol–water partition coefficient (Wildman–Crippen LogP) is 3.77. The van der Waals surface area contributed by atoms with E-state index in [2.05, 4.69) is 17.2 Å². The molecule has 0 saturated carbocycles. The average Bonchev–Trinajstić information content (AvgIpc) is 2.95. The van der Waals surface area contributed by atoms with Gasteiger partial charge in [0.05, 0.1) is 0 Å². The highest BCUT2D eigenvalue weighted by molar-refractivity contribution is 6.04. The van der Waals surface area contributed by atoms with E-state index in [-0.39, 0.29) is 5.91 Å². The van der Waals surface area contributed by atoms with Gasteiger partial charge >= 0.3 is 0 Å². The fourth-order valence-corrected chi connectivity index (χ4v) is 2.64. The molecule has 4 nitrogen and oxygen atoms in total. The smallest absolute Gasteiger partial charge is 0.275 e. The molecule has 1 amide bonds. The van der Waals surface area contributed by atoms with Crippen molar-refractivity contribution < 1.29 is 4.79 Å². The Balaban J connectivity index is 1.96. The second-order valence-electron chi connectivity index (χ2n) is 5.44. The lowest BCUT2D eigenvalue weighted by Crippen LogP contribution is -2.14. The van der Waals surface area contributed by atoms with Gasteiger partial charge in [-0.25, -0.2) is 4.98 Å². The first-order chi connectivity index (χ1) is 10.6. The SMILES string of the molecule is CCc1cccc(C)c1NC(=O)c1cn2c(C)cccc2n1. The van der Waals surface area contributed by atoms with Crippen LogP contribution >= 0.6 is 0 Å². The molecule has 3 aromatic rings. The fraction of sp³-hybridized carbons (Fsp3) is 0.222. The molecule has 0 aliphatic rings. The minimum Gasteiger partial charge on any atom is -0.320 e. The number of nitrogens with one attached hydrogen (secondary N) is 1. The molecule has 0 radical (unpaired) electrons. The predicted molar refractivity (Wildman–Crippen MR) is 88.4 cm³/mol. The van der Waals surface area contributed by atoms with E-state index < -0.39 is 0 Å². The first kappa shape index (κ1) is 14.3. The van der Waals surface area contributed by atoms with Gasteiger partial charge in [-0.1, -0.05) is 31.2 Å². The van der Waals surface area contributed by atoms with Gasteiger partial charge in [0, 0.05) is 17.6 Å². The first-order valence-corrected chi connectivity index (χ1v) is 7.44. The summed E-state index contributed by atoms with van der Waals surface area (Å²) in [4.78, 5) is 16.9. The third-order valence-electron chi connectivity index (χ3n) is 3.91. The number of pyridine rings is 1. The maximum Gasteiger partial charge on any atom is 0.275 e. The molecule has 112 valence electrons. The molecule has 0 fully saturated rings. The van der Waals surface area contributed by atoms with Crippen LogP contribution in [0.2, 0.25) is 0 Å². The number of rotatable bonds is 3. The topological polar surface area (TPSA) is 46.4 Å². The summed E-state index contributed by atoms with van der Waals surface area (Å²) in [5, 5.41) is 3.01. The molecule has 2 heterocycles. The van der Waals surface area contributed by atoms with Crippen LogP contribution in [-0.4, -0.2) is 15.3 Å². The lowest BCUT2D eigenvalue weighted by Gasteiger charge is -2.11. The third-order valence-corrected chi connectivity index (χ3v) is 3.91. The molecule has 0 unspecified atom stereocenters. The summed E-state index contributed by atoms with van der Waals surface area (Å²) in [6, 6.07) is 11.9. The Labute approximate surface area is 129 Å². The van der Waals surface area contributed by atoms with Gasteiger partial charge in [-0.3, -0.25) is 4.79 Å². The van der Waals surface area contributed by atoms with E-state index in [1.807, 2.05) is 54.6 Å². The fourth-order valence-electron chi connectivity index (χ4n) is 2.64. The van der Waals surface area contributed by atoms with E-state index in [1.165, 1.54) is 0 Å². The molecule has 0 saturated heterocycles. The van der Waals surface area contributed by atoms with Gasteiger partial charge in [-0.2, -0.15) is 0 Å². The highest BCUT2D eigenvalue weighted by Gasteiger charge is 2.14. The van der Waals surface area contributed by atoms with Gasteiger partial charge in [-0.15, -0.1) is 0 Å². The number of benzene rings is 1. The Morgan fingerprint density at radius 1 is 1.18 bits per heavy atom. The van der Waals surface area contributed by atoms with E-state index in [0.717, 1.165) is 34.6 Å². The molecular formula is C18H19N3O. The van der Waals surface area contributed by atoms with Crippen LogP contribution in [0.25, 0.3) is 5.65 Å². The number of aryl methyl sites for hydroxylation is 3. The number of aromatic nitrogens is 2. The van der Waals surface area contributed by atoms with Gasteiger partial charge in [0.2, 0.25) is 0 Å². The second kappa shape index (κ2) is 5.64. The largest absolute Gasteiger partial charge is 0.320 e. The average molecular weight is 293 g/mol. The number of carbonyl (C=O) groups is 1. The van der Waals surface area contributed by atoms with Crippen LogP contribution in [0.1, 0.15) is 34.2 Å². The molecule has 1 aromatic carbocycles. The molecule has 0 aliphatic carbocycles. The quantitative estimate of drug-likeness (QED) is 0.799. The zero-order chi connectivity index (χ0) is 15.7. The molecule has 0 atom stereocenters. The van der Waals surface area contributed by atoms with Crippen LogP contribution in [-0.2, 0) is 6.42 Å². The number of nitrogens with zero attached hydrogens (tertiary/aromatic N) is 2. The minimum absolute atomic E-state index is 0.174. The zero-order valence-corrected chi connectivity index (χ0v) is 13.1. The maximum absolute atomic E-state index is 12.5. The summed E-state index contributed by atoms with van der Waals surface area (Å²) in [7, 11) is 0. The molecule has 0 bridgehead atoms. The summed E-state index contributed by atoms with van der Waals surface area (Å²) in [5.74, 6) is -0.174. The normalized spacial score (nSPS) is 10.9. The number of carbonyl (C=O) groups excluding carboxylic acids is 1. The number of hydrogen-bond donors (Lipinski definition) is 1. The molecule has 1 N–H and O–H groups in total. The molecule has 22 heavy (non-hydrogen) atoms. The first-order valence-electron chi connectivity index (χ1n) is 7.44. The van der Waals surface area contributed by atoms with Crippen LogP contribution in [0.3, 0.4) is 0 Å². The summed E-state index contributed by atoms with van der Waals surface area (Å²) in [5.41, 5.74) is 5.35. The Morgan fingerprint density at radius 2 is 1.95 bits per heavy atom. The standard InChI is InChI=1S/C18H19N3O/c1-4-14-9-5-7-12(2)17(14)20-18(22)15-11-21-13(3)8-6-10-16(21)19-15/h5-11H,4H2,1-3H3,(H,20,22). The van der Waals surface area contributed by atoms with E-state index >= 15 is 0 Å². The Kier molecular flexibility index (Phi) is 3.67. The molecule has 0 aliphatic heterocycles. The van der Waals surface area contributed by atoms with Crippen LogP contribution in [0.15, 0.2) is 42.6 Å². The van der Waals surface area contributed by atoms with E-state index in [9.17, 15) is 4.79 Å². The number of amides is 1. The Morgan fingerprint density at radius 3 is 2.68 bits per heavy atom. The molecule has 3 rings (SSSR count). The lowest BCUT2D eigenvalue weighted by atomic mass is 10.1. The summed E-state index contributed by atoms with van der Waals surface area (Å²) < 4.78 is 1.92. The number of anilines is 1. The Bertz CT molecular complexity index is 849. The van der Waals surface area contributed by atoms with Crippen molar-refractivity contribution in [1.82, 2.24) is 9.38 Å². The highest BCUT2D eigenvalue weighted by Crippen LogP contribution is 2.22. The zero-order valence-electron chi connectivity index (χ0n) is 13.1. The van der Waals surface area contributed by atoms with Gasteiger partial charge in [0.1, 0.15) is 11.3 Å². The summed E-state index contributed by atoms with van der Waals surface area (Å²) in [6.45, 7) is 6.08. The number of fused-ring (bicyclic) bond motifs is 1. The van der Waals surface area contributed by atoms with Crippen molar-refractivity contribution in [2.45, 2.75) is 27.2 Å². The molecular weight excluding hydrogens is 274 g/mol. The molecule has 4 heteroatoms. The van der Waals surface area contributed by atoms with Crippen molar-refractivity contribution in [2.75, 3.05) is 5.32 Å². The maximum atomic E-state index is 12.5. The monoisotopic (exact) mass is 293 g/mol. The number of para-hydroxylation sites is 1. The van der Waals surface area contributed by atoms with Crippen LogP contribution < -0.4 is 5.32 Å². The van der Waals surface area contributed by atoms with Crippen LogP contribution in [0, 0.1) is 13.8 Å². The number of imidazole rings is 1. The highest BCUT2D eigenvalue weighted by atomic mass is 16.1. The van der Waals surface area contributed by atoms with Gasteiger partial charge in [0.15, 0.2) is 0 Å².